The molecule has 5 nitrogen and oxygen atoms in total. The number of amides is 2. The molecule has 0 spiro atoms. The Hall–Kier alpha value is -2.73. The van der Waals surface area contributed by atoms with E-state index < -0.39 is 0 Å². The first kappa shape index (κ1) is 18.6. The summed E-state index contributed by atoms with van der Waals surface area (Å²) in [6.07, 6.45) is 2.88. The molecule has 2 aliphatic rings. The number of imide groups is 1. The molecule has 0 unspecified atom stereocenters. The monoisotopic (exact) mass is 383 g/mol. The summed E-state index contributed by atoms with van der Waals surface area (Å²) in [4.78, 5) is 26.3. The summed E-state index contributed by atoms with van der Waals surface area (Å²) in [5.74, 6) is -0.122. The molecule has 4 rings (SSSR count). The van der Waals surface area contributed by atoms with E-state index in [0.717, 1.165) is 24.8 Å². The fraction of sp³-hybridized carbons (Fsp3) is 0.364. The molecule has 2 heterocycles. The van der Waals surface area contributed by atoms with Gasteiger partial charge in [-0.1, -0.05) is 12.1 Å². The predicted molar refractivity (Wildman–Crippen MR) is 101 cm³/mol. The Morgan fingerprint density at radius 1 is 1.07 bits per heavy atom. The number of halogens is 1. The molecule has 146 valence electrons. The highest BCUT2D eigenvalue weighted by Gasteiger charge is 2.38. The van der Waals surface area contributed by atoms with Gasteiger partial charge >= 0.3 is 0 Å². The Morgan fingerprint density at radius 2 is 1.75 bits per heavy atom. The maximum absolute atomic E-state index is 13.5. The number of carbonyl (C=O) groups excluding carboxylic acids is 2. The zero-order chi connectivity index (χ0) is 19.7. The molecule has 0 N–H and O–H groups in total. The van der Waals surface area contributed by atoms with Crippen molar-refractivity contribution in [1.29, 1.82) is 0 Å². The molecule has 2 aromatic carbocycles. The van der Waals surface area contributed by atoms with Gasteiger partial charge in [-0.15, -0.1) is 0 Å². The van der Waals surface area contributed by atoms with Crippen molar-refractivity contribution in [2.24, 2.45) is 0 Å². The summed E-state index contributed by atoms with van der Waals surface area (Å²) in [6.45, 7) is 0.270. The molecule has 2 atom stereocenters. The van der Waals surface area contributed by atoms with Gasteiger partial charge < -0.3 is 9.47 Å². The molecule has 0 saturated carbocycles. The molecule has 2 aromatic rings. The van der Waals surface area contributed by atoms with Gasteiger partial charge in [-0.05, 0) is 61.6 Å². The third kappa shape index (κ3) is 3.52. The Morgan fingerprint density at radius 3 is 2.43 bits per heavy atom. The Balaban J connectivity index is 1.34. The lowest BCUT2D eigenvalue weighted by Gasteiger charge is -2.20. The lowest BCUT2D eigenvalue weighted by molar-refractivity contribution is 0.0195. The molecule has 1 fully saturated rings. The van der Waals surface area contributed by atoms with Gasteiger partial charge in [0.15, 0.2) is 0 Å². The maximum atomic E-state index is 13.5. The van der Waals surface area contributed by atoms with Crippen LogP contribution in [0.2, 0.25) is 0 Å². The van der Waals surface area contributed by atoms with Gasteiger partial charge in [0.25, 0.3) is 11.8 Å². The van der Waals surface area contributed by atoms with Crippen LogP contribution in [0.4, 0.5) is 4.39 Å². The minimum Gasteiger partial charge on any atom is -0.496 e. The van der Waals surface area contributed by atoms with Gasteiger partial charge in [0, 0.05) is 0 Å². The van der Waals surface area contributed by atoms with Crippen LogP contribution in [-0.4, -0.2) is 42.6 Å². The molecule has 0 bridgehead atoms. The highest BCUT2D eigenvalue weighted by molar-refractivity contribution is 6.21. The van der Waals surface area contributed by atoms with Crippen LogP contribution in [0.1, 0.15) is 45.5 Å². The molecular formula is C22H22FNO4. The van der Waals surface area contributed by atoms with E-state index in [4.69, 9.17) is 9.47 Å². The van der Waals surface area contributed by atoms with Gasteiger partial charge in [0.2, 0.25) is 0 Å². The van der Waals surface area contributed by atoms with Crippen molar-refractivity contribution < 1.29 is 23.5 Å². The molecule has 2 amide bonds. The largest absolute Gasteiger partial charge is 0.496 e. The number of hydrogen-bond donors (Lipinski definition) is 0. The number of rotatable bonds is 6. The first-order valence-electron chi connectivity index (χ1n) is 9.50. The topological polar surface area (TPSA) is 55.8 Å². The maximum Gasteiger partial charge on any atom is 0.261 e. The van der Waals surface area contributed by atoms with Crippen LogP contribution in [-0.2, 0) is 11.2 Å². The van der Waals surface area contributed by atoms with E-state index in [1.54, 1.807) is 37.4 Å². The van der Waals surface area contributed by atoms with E-state index in [2.05, 4.69) is 0 Å². The summed E-state index contributed by atoms with van der Waals surface area (Å²) in [5, 5.41) is 0. The number of aryl methyl sites for hydroxylation is 1. The summed E-state index contributed by atoms with van der Waals surface area (Å²) < 4.78 is 24.9. The molecule has 0 radical (unpaired) electrons. The Bertz CT molecular complexity index is 878. The third-order valence-corrected chi connectivity index (χ3v) is 5.44. The van der Waals surface area contributed by atoms with Crippen LogP contribution < -0.4 is 4.74 Å². The molecular weight excluding hydrogens is 361 g/mol. The van der Waals surface area contributed by atoms with Crippen molar-refractivity contribution in [2.45, 2.75) is 37.9 Å². The number of benzene rings is 2. The fourth-order valence-electron chi connectivity index (χ4n) is 3.99. The number of ether oxygens (including phenoxy) is 2. The van der Waals surface area contributed by atoms with Gasteiger partial charge in [-0.3, -0.25) is 14.5 Å². The van der Waals surface area contributed by atoms with Crippen LogP contribution in [0.15, 0.2) is 42.5 Å². The standard InChI is InChI=1S/C22H22FNO4/c1-27-20-11-7-15(23)12-14(20)6-8-16-9-10-17(28-16)13-24-21(25)18-4-2-3-5-19(18)22(24)26/h2-5,7,11-12,16-17H,6,8-10,13H2,1H3/t16-,17+/m1/s1. The van der Waals surface area contributed by atoms with Crippen molar-refractivity contribution in [3.05, 3.63) is 65.0 Å². The zero-order valence-electron chi connectivity index (χ0n) is 15.7. The van der Waals surface area contributed by atoms with Crippen molar-refractivity contribution >= 4 is 11.8 Å². The smallest absolute Gasteiger partial charge is 0.261 e. The normalized spacial score (nSPS) is 21.3. The molecule has 0 aromatic heterocycles. The van der Waals surface area contributed by atoms with Gasteiger partial charge in [-0.25, -0.2) is 4.39 Å². The van der Waals surface area contributed by atoms with E-state index in [1.807, 2.05) is 0 Å². The van der Waals surface area contributed by atoms with E-state index in [-0.39, 0.29) is 36.4 Å². The van der Waals surface area contributed by atoms with Crippen LogP contribution in [0.5, 0.6) is 5.75 Å². The van der Waals surface area contributed by atoms with E-state index >= 15 is 0 Å². The van der Waals surface area contributed by atoms with Crippen molar-refractivity contribution in [3.63, 3.8) is 0 Å². The zero-order valence-corrected chi connectivity index (χ0v) is 15.7. The number of hydrogen-bond acceptors (Lipinski definition) is 4. The fourth-order valence-corrected chi connectivity index (χ4v) is 3.99. The lowest BCUT2D eigenvalue weighted by atomic mass is 10.0. The SMILES string of the molecule is COc1ccc(F)cc1CC[C@@H]1CC[C@@H](CN2C(=O)c3ccccc3C2=O)O1. The van der Waals surface area contributed by atoms with Gasteiger partial charge in [-0.2, -0.15) is 0 Å². The highest BCUT2D eigenvalue weighted by Crippen LogP contribution is 2.29. The second-order valence-corrected chi connectivity index (χ2v) is 7.22. The average Bonchev–Trinajstić information content (AvgIpc) is 3.25. The van der Waals surface area contributed by atoms with Crippen molar-refractivity contribution in [2.75, 3.05) is 13.7 Å². The van der Waals surface area contributed by atoms with E-state index in [0.29, 0.717) is 23.3 Å². The summed E-state index contributed by atoms with van der Waals surface area (Å²) in [6, 6.07) is 11.4. The minimum absolute atomic E-state index is 0.0214. The van der Waals surface area contributed by atoms with Crippen LogP contribution >= 0.6 is 0 Å². The van der Waals surface area contributed by atoms with Crippen molar-refractivity contribution in [1.82, 2.24) is 4.90 Å². The quantitative estimate of drug-likeness (QED) is 0.715. The third-order valence-electron chi connectivity index (χ3n) is 5.44. The number of nitrogens with zero attached hydrogens (tertiary/aromatic N) is 1. The second kappa shape index (κ2) is 7.72. The molecule has 6 heteroatoms. The first-order chi connectivity index (χ1) is 13.6. The summed E-state index contributed by atoms with van der Waals surface area (Å²) in [7, 11) is 1.57. The Kier molecular flexibility index (Phi) is 5.13. The summed E-state index contributed by atoms with van der Waals surface area (Å²) in [5.41, 5.74) is 1.73. The van der Waals surface area contributed by atoms with Gasteiger partial charge in [0.05, 0.1) is 37.0 Å². The molecule has 2 aliphatic heterocycles. The Labute approximate surface area is 163 Å². The van der Waals surface area contributed by atoms with E-state index in [9.17, 15) is 14.0 Å². The number of methoxy groups -OCH3 is 1. The van der Waals surface area contributed by atoms with Crippen molar-refractivity contribution in [3.8, 4) is 5.75 Å². The number of fused-ring (bicyclic) bond motifs is 1. The van der Waals surface area contributed by atoms with Crippen LogP contribution in [0.3, 0.4) is 0 Å². The molecule has 28 heavy (non-hydrogen) atoms. The second-order valence-electron chi connectivity index (χ2n) is 7.22. The molecule has 1 saturated heterocycles. The minimum atomic E-state index is -0.286. The highest BCUT2D eigenvalue weighted by atomic mass is 19.1. The van der Waals surface area contributed by atoms with Gasteiger partial charge in [0.1, 0.15) is 11.6 Å². The predicted octanol–water partition coefficient (Wildman–Crippen LogP) is 3.61. The lowest BCUT2D eigenvalue weighted by Crippen LogP contribution is -2.37. The van der Waals surface area contributed by atoms with E-state index in [1.165, 1.54) is 17.0 Å². The first-order valence-corrected chi connectivity index (χ1v) is 9.50. The average molecular weight is 383 g/mol. The van der Waals surface area contributed by atoms with Crippen LogP contribution in [0, 0.1) is 5.82 Å². The number of carbonyl (C=O) groups is 2. The summed E-state index contributed by atoms with van der Waals surface area (Å²) >= 11 is 0. The molecule has 0 aliphatic carbocycles. The van der Waals surface area contributed by atoms with Crippen LogP contribution in [0.25, 0.3) is 0 Å².